The van der Waals surface area contributed by atoms with Gasteiger partial charge in [0.2, 0.25) is 0 Å². The number of rotatable bonds is 2. The largest absolute Gasteiger partial charge is 0.370 e. The second-order valence-electron chi connectivity index (χ2n) is 5.48. The third-order valence-corrected chi connectivity index (χ3v) is 4.05. The molecule has 3 rings (SSSR count). The second kappa shape index (κ2) is 4.69. The molecular formula is C15H22N2. The highest BCUT2D eigenvalue weighted by molar-refractivity contribution is 5.56. The molecule has 92 valence electrons. The van der Waals surface area contributed by atoms with Crippen LogP contribution in [-0.2, 0) is 6.42 Å². The molecule has 1 aromatic rings. The fourth-order valence-corrected chi connectivity index (χ4v) is 3.17. The van der Waals surface area contributed by atoms with Gasteiger partial charge in [-0.2, -0.15) is 0 Å². The Balaban J connectivity index is 1.78. The van der Waals surface area contributed by atoms with Gasteiger partial charge in [0, 0.05) is 24.8 Å². The van der Waals surface area contributed by atoms with Crippen molar-refractivity contribution < 1.29 is 0 Å². The number of benzene rings is 1. The number of anilines is 1. The predicted octanol–water partition coefficient (Wildman–Crippen LogP) is 2.50. The minimum atomic E-state index is 0.710. The third kappa shape index (κ3) is 2.32. The first-order valence-corrected chi connectivity index (χ1v) is 6.91. The average Bonchev–Trinajstić information content (AvgIpc) is 2.82. The maximum absolute atomic E-state index is 3.60. The van der Waals surface area contributed by atoms with Crippen LogP contribution >= 0.6 is 0 Å². The molecule has 2 aliphatic heterocycles. The van der Waals surface area contributed by atoms with Crippen LogP contribution in [0.2, 0.25) is 0 Å². The van der Waals surface area contributed by atoms with Gasteiger partial charge in [0.15, 0.2) is 0 Å². The molecule has 17 heavy (non-hydrogen) atoms. The van der Waals surface area contributed by atoms with Crippen molar-refractivity contribution in [3.05, 3.63) is 29.3 Å². The highest BCUT2D eigenvalue weighted by Crippen LogP contribution is 2.28. The zero-order valence-corrected chi connectivity index (χ0v) is 10.7. The van der Waals surface area contributed by atoms with Gasteiger partial charge < -0.3 is 10.2 Å². The summed E-state index contributed by atoms with van der Waals surface area (Å²) in [5, 5.41) is 3.60. The summed E-state index contributed by atoms with van der Waals surface area (Å²) in [4.78, 5) is 2.58. The minimum absolute atomic E-state index is 0.710. The van der Waals surface area contributed by atoms with Crippen molar-refractivity contribution >= 4 is 5.69 Å². The smallest absolute Gasteiger partial charge is 0.0399 e. The van der Waals surface area contributed by atoms with Crippen LogP contribution in [0.15, 0.2) is 18.2 Å². The predicted molar refractivity (Wildman–Crippen MR) is 72.7 cm³/mol. The number of aryl methyl sites for hydroxylation is 2. The van der Waals surface area contributed by atoms with Crippen molar-refractivity contribution in [2.45, 2.75) is 38.6 Å². The summed E-state index contributed by atoms with van der Waals surface area (Å²) in [6.45, 7) is 5.82. The molecule has 0 unspecified atom stereocenters. The molecule has 1 atom stereocenters. The number of nitrogens with zero attached hydrogens (tertiary/aromatic N) is 1. The third-order valence-electron chi connectivity index (χ3n) is 4.05. The molecule has 2 aliphatic rings. The number of nitrogens with one attached hydrogen (secondary N) is 1. The van der Waals surface area contributed by atoms with Crippen LogP contribution in [0, 0.1) is 6.92 Å². The van der Waals surface area contributed by atoms with Gasteiger partial charge in [0.25, 0.3) is 0 Å². The Labute approximate surface area is 104 Å². The fraction of sp³-hybridized carbons (Fsp3) is 0.600. The van der Waals surface area contributed by atoms with E-state index < -0.39 is 0 Å². The maximum atomic E-state index is 3.60. The topological polar surface area (TPSA) is 15.3 Å². The molecule has 0 spiro atoms. The Bertz CT molecular complexity index is 394. The van der Waals surface area contributed by atoms with Gasteiger partial charge in [-0.25, -0.2) is 0 Å². The highest BCUT2D eigenvalue weighted by atomic mass is 15.2. The monoisotopic (exact) mass is 230 g/mol. The Morgan fingerprint density at radius 3 is 3.12 bits per heavy atom. The fourth-order valence-electron chi connectivity index (χ4n) is 3.17. The lowest BCUT2D eigenvalue weighted by Gasteiger charge is -2.33. The first-order chi connectivity index (χ1) is 8.33. The Morgan fingerprint density at radius 1 is 1.35 bits per heavy atom. The van der Waals surface area contributed by atoms with Crippen LogP contribution in [0.5, 0.6) is 0 Å². The van der Waals surface area contributed by atoms with Crippen LogP contribution in [0.1, 0.15) is 30.4 Å². The van der Waals surface area contributed by atoms with Crippen molar-refractivity contribution in [3.63, 3.8) is 0 Å². The molecule has 0 aliphatic carbocycles. The lowest BCUT2D eigenvalue weighted by Crippen LogP contribution is -2.40. The summed E-state index contributed by atoms with van der Waals surface area (Å²) >= 11 is 0. The van der Waals surface area contributed by atoms with Crippen molar-refractivity contribution in [1.82, 2.24) is 5.32 Å². The van der Waals surface area contributed by atoms with Crippen molar-refractivity contribution in [2.24, 2.45) is 0 Å². The molecule has 2 nitrogen and oxygen atoms in total. The molecule has 1 fully saturated rings. The molecule has 0 radical (unpaired) electrons. The number of hydrogen-bond donors (Lipinski definition) is 1. The Morgan fingerprint density at radius 2 is 2.29 bits per heavy atom. The van der Waals surface area contributed by atoms with Gasteiger partial charge in [0.1, 0.15) is 0 Å². The van der Waals surface area contributed by atoms with E-state index in [2.05, 4.69) is 35.3 Å². The van der Waals surface area contributed by atoms with E-state index >= 15 is 0 Å². The molecule has 2 heterocycles. The normalized spacial score (nSPS) is 23.8. The van der Waals surface area contributed by atoms with E-state index in [1.807, 2.05) is 0 Å². The maximum Gasteiger partial charge on any atom is 0.0399 e. The first-order valence-electron chi connectivity index (χ1n) is 6.91. The van der Waals surface area contributed by atoms with Crippen molar-refractivity contribution in [2.75, 3.05) is 24.5 Å². The highest BCUT2D eigenvalue weighted by Gasteiger charge is 2.21. The van der Waals surface area contributed by atoms with Gasteiger partial charge in [0.05, 0.1) is 0 Å². The van der Waals surface area contributed by atoms with E-state index in [0.717, 1.165) is 0 Å². The molecule has 0 aromatic heterocycles. The van der Waals surface area contributed by atoms with E-state index in [0.29, 0.717) is 6.04 Å². The lowest BCUT2D eigenvalue weighted by atomic mass is 9.99. The summed E-state index contributed by atoms with van der Waals surface area (Å²) in [5.74, 6) is 0. The standard InChI is InChI=1S/C15H22N2/c1-12-6-7-15-13(10-12)4-3-9-17(15)11-14-5-2-8-16-14/h6-7,10,14,16H,2-5,8-9,11H2,1H3/t14-/m0/s1. The number of fused-ring (bicyclic) bond motifs is 1. The van der Waals surface area contributed by atoms with Crippen molar-refractivity contribution in [1.29, 1.82) is 0 Å². The SMILES string of the molecule is Cc1ccc2c(c1)CCCN2C[C@@H]1CCCN1. The van der Waals surface area contributed by atoms with Gasteiger partial charge in [-0.3, -0.25) is 0 Å². The van der Waals surface area contributed by atoms with Crippen LogP contribution in [-0.4, -0.2) is 25.7 Å². The number of hydrogen-bond acceptors (Lipinski definition) is 2. The van der Waals surface area contributed by atoms with E-state index in [4.69, 9.17) is 0 Å². The van der Waals surface area contributed by atoms with Crippen LogP contribution < -0.4 is 10.2 Å². The minimum Gasteiger partial charge on any atom is -0.370 e. The lowest BCUT2D eigenvalue weighted by molar-refractivity contribution is 0.564. The van der Waals surface area contributed by atoms with E-state index in [1.165, 1.54) is 56.6 Å². The summed E-state index contributed by atoms with van der Waals surface area (Å²) in [7, 11) is 0. The van der Waals surface area contributed by atoms with Crippen molar-refractivity contribution in [3.8, 4) is 0 Å². The van der Waals surface area contributed by atoms with E-state index in [9.17, 15) is 0 Å². The van der Waals surface area contributed by atoms with Gasteiger partial charge in [-0.15, -0.1) is 0 Å². The zero-order chi connectivity index (χ0) is 11.7. The quantitative estimate of drug-likeness (QED) is 0.840. The zero-order valence-electron chi connectivity index (χ0n) is 10.7. The molecule has 0 amide bonds. The summed E-state index contributed by atoms with van der Waals surface area (Å²) in [6, 6.07) is 7.64. The molecule has 1 saturated heterocycles. The van der Waals surface area contributed by atoms with Crippen LogP contribution in [0.4, 0.5) is 5.69 Å². The second-order valence-corrected chi connectivity index (χ2v) is 5.48. The van der Waals surface area contributed by atoms with Crippen LogP contribution in [0.3, 0.4) is 0 Å². The summed E-state index contributed by atoms with van der Waals surface area (Å²) < 4.78 is 0. The first kappa shape index (κ1) is 11.1. The Kier molecular flexibility index (Phi) is 3.06. The summed E-state index contributed by atoms with van der Waals surface area (Å²) in [6.07, 6.45) is 5.26. The molecule has 0 bridgehead atoms. The molecule has 1 aromatic carbocycles. The van der Waals surface area contributed by atoms with Crippen LogP contribution in [0.25, 0.3) is 0 Å². The Hall–Kier alpha value is -1.02. The molecular weight excluding hydrogens is 208 g/mol. The molecule has 0 saturated carbocycles. The average molecular weight is 230 g/mol. The molecule has 2 heteroatoms. The van der Waals surface area contributed by atoms with Gasteiger partial charge in [-0.05, 0) is 50.8 Å². The molecule has 1 N–H and O–H groups in total. The van der Waals surface area contributed by atoms with Gasteiger partial charge >= 0.3 is 0 Å². The van der Waals surface area contributed by atoms with Gasteiger partial charge in [-0.1, -0.05) is 17.7 Å². The van der Waals surface area contributed by atoms with E-state index in [1.54, 1.807) is 5.56 Å². The summed E-state index contributed by atoms with van der Waals surface area (Å²) in [5.41, 5.74) is 4.43. The van der Waals surface area contributed by atoms with E-state index in [-0.39, 0.29) is 0 Å².